The smallest absolute Gasteiger partial charge is 0.121 e. The van der Waals surface area contributed by atoms with Crippen molar-refractivity contribution in [3.05, 3.63) is 27.0 Å². The number of aryl methyl sites for hydroxylation is 3. The summed E-state index contributed by atoms with van der Waals surface area (Å²) in [6.07, 6.45) is 0. The Morgan fingerprint density at radius 1 is 1.24 bits per heavy atom. The summed E-state index contributed by atoms with van der Waals surface area (Å²) in [4.78, 5) is 5.70. The van der Waals surface area contributed by atoms with E-state index in [1.54, 1.807) is 11.3 Å². The van der Waals surface area contributed by atoms with Gasteiger partial charge in [-0.3, -0.25) is 0 Å². The number of hydrogen-bond donors (Lipinski definition) is 1. The molecule has 92 valence electrons. The zero-order valence-electron chi connectivity index (χ0n) is 10.4. The van der Waals surface area contributed by atoms with Gasteiger partial charge in [-0.2, -0.15) is 0 Å². The van der Waals surface area contributed by atoms with Crippen LogP contribution in [0, 0.1) is 20.8 Å². The monoisotopic (exact) mass is 252 g/mol. The second-order valence-corrected chi connectivity index (χ2v) is 5.32. The number of nitrogens with one attached hydrogen (secondary N) is 1. The molecule has 0 aliphatic carbocycles. The molecule has 2 aromatic rings. The fourth-order valence-corrected chi connectivity index (χ4v) is 2.66. The molecule has 0 fully saturated rings. The van der Waals surface area contributed by atoms with Crippen LogP contribution < -0.4 is 5.32 Å². The third-order valence-corrected chi connectivity index (χ3v) is 3.91. The first kappa shape index (κ1) is 12.2. The third-order valence-electron chi connectivity index (χ3n) is 2.65. The molecule has 6 heteroatoms. The Bertz CT molecular complexity index is 505. The molecule has 0 spiro atoms. The van der Waals surface area contributed by atoms with Crippen LogP contribution in [0.25, 0.3) is 0 Å². The van der Waals surface area contributed by atoms with Crippen molar-refractivity contribution in [2.75, 3.05) is 0 Å². The largest absolute Gasteiger partial charge is 0.304 e. The summed E-state index contributed by atoms with van der Waals surface area (Å²) in [6.45, 7) is 8.75. The first-order valence-electron chi connectivity index (χ1n) is 5.53. The topological polar surface area (TPSA) is 63.8 Å². The molecule has 0 bridgehead atoms. The Labute approximate surface area is 104 Å². The molecule has 2 heterocycles. The van der Waals surface area contributed by atoms with Crippen molar-refractivity contribution >= 4 is 11.3 Å². The zero-order valence-corrected chi connectivity index (χ0v) is 11.3. The Balaban J connectivity index is 2.00. The molecule has 0 amide bonds. The van der Waals surface area contributed by atoms with Gasteiger partial charge in [0.25, 0.3) is 0 Å². The molecule has 1 atom stereocenters. The maximum Gasteiger partial charge on any atom is 0.121 e. The quantitative estimate of drug-likeness (QED) is 0.904. The summed E-state index contributed by atoms with van der Waals surface area (Å²) in [5.41, 5.74) is 2.79. The summed E-state index contributed by atoms with van der Waals surface area (Å²) in [5, 5.41) is 12.1. The Morgan fingerprint density at radius 2 is 2.00 bits per heavy atom. The Morgan fingerprint density at radius 3 is 2.53 bits per heavy atom. The van der Waals surface area contributed by atoms with Crippen molar-refractivity contribution in [2.24, 2.45) is 0 Å². The fourth-order valence-electron chi connectivity index (χ4n) is 1.70. The van der Waals surface area contributed by atoms with E-state index >= 15 is 0 Å². The Kier molecular flexibility index (Phi) is 3.54. The summed E-state index contributed by atoms with van der Waals surface area (Å²) >= 11 is 1.73. The van der Waals surface area contributed by atoms with Crippen LogP contribution in [0.2, 0.25) is 0 Å². The zero-order chi connectivity index (χ0) is 12.4. The van der Waals surface area contributed by atoms with Crippen LogP contribution >= 0.6 is 11.3 Å². The molecule has 2 rings (SSSR count). The highest BCUT2D eigenvalue weighted by molar-refractivity contribution is 7.11. The molecule has 0 radical (unpaired) electrons. The predicted octanol–water partition coefficient (Wildman–Crippen LogP) is 2.30. The maximum absolute atomic E-state index is 4.66. The number of aromatic nitrogens is 3. The van der Waals surface area contributed by atoms with E-state index in [0.29, 0.717) is 6.54 Å². The molecule has 0 aromatic carbocycles. The summed E-state index contributed by atoms with van der Waals surface area (Å²) in [5.74, 6) is 0. The lowest BCUT2D eigenvalue weighted by Gasteiger charge is -2.11. The molecular formula is C11H16N4OS. The lowest BCUT2D eigenvalue weighted by Crippen LogP contribution is -2.18. The highest BCUT2D eigenvalue weighted by atomic mass is 32.1. The first-order valence-corrected chi connectivity index (χ1v) is 6.35. The average molecular weight is 252 g/mol. The third kappa shape index (κ3) is 2.70. The van der Waals surface area contributed by atoms with E-state index in [9.17, 15) is 0 Å². The van der Waals surface area contributed by atoms with Crippen LogP contribution in [-0.2, 0) is 6.54 Å². The van der Waals surface area contributed by atoms with Gasteiger partial charge in [-0.25, -0.2) is 9.61 Å². The number of hydrogen-bond acceptors (Lipinski definition) is 6. The fraction of sp³-hybridized carbons (Fsp3) is 0.545. The van der Waals surface area contributed by atoms with E-state index in [1.165, 1.54) is 4.88 Å². The van der Waals surface area contributed by atoms with Crippen LogP contribution in [-0.4, -0.2) is 15.3 Å². The lowest BCUT2D eigenvalue weighted by atomic mass is 10.2. The standard InChI is InChI=1S/C11H16N4OS/c1-6-10(15-16-14-6)5-12-7(2)11-8(3)13-9(4)17-11/h7,12H,5H2,1-4H3. The van der Waals surface area contributed by atoms with Crippen LogP contribution in [0.15, 0.2) is 4.63 Å². The van der Waals surface area contributed by atoms with E-state index in [0.717, 1.165) is 22.1 Å². The number of thiazole rings is 1. The molecule has 17 heavy (non-hydrogen) atoms. The predicted molar refractivity (Wildman–Crippen MR) is 65.9 cm³/mol. The van der Waals surface area contributed by atoms with Gasteiger partial charge in [-0.1, -0.05) is 10.3 Å². The lowest BCUT2D eigenvalue weighted by molar-refractivity contribution is 0.300. The maximum atomic E-state index is 4.66. The van der Waals surface area contributed by atoms with Crippen molar-refractivity contribution in [1.82, 2.24) is 20.6 Å². The van der Waals surface area contributed by atoms with E-state index in [2.05, 4.69) is 32.2 Å². The minimum atomic E-state index is 0.261. The van der Waals surface area contributed by atoms with Crippen molar-refractivity contribution in [3.8, 4) is 0 Å². The molecule has 5 nitrogen and oxygen atoms in total. The van der Waals surface area contributed by atoms with E-state index < -0.39 is 0 Å². The van der Waals surface area contributed by atoms with Gasteiger partial charge in [0, 0.05) is 17.5 Å². The second-order valence-electron chi connectivity index (χ2n) is 4.08. The van der Waals surface area contributed by atoms with Crippen LogP contribution in [0.1, 0.15) is 39.9 Å². The van der Waals surface area contributed by atoms with Crippen molar-refractivity contribution in [1.29, 1.82) is 0 Å². The van der Waals surface area contributed by atoms with Gasteiger partial charge >= 0.3 is 0 Å². The molecule has 0 saturated carbocycles. The van der Waals surface area contributed by atoms with Gasteiger partial charge in [0.05, 0.1) is 10.7 Å². The van der Waals surface area contributed by atoms with Gasteiger partial charge in [0.15, 0.2) is 0 Å². The van der Waals surface area contributed by atoms with Crippen LogP contribution in [0.3, 0.4) is 0 Å². The Hall–Kier alpha value is -1.27. The van der Waals surface area contributed by atoms with E-state index in [4.69, 9.17) is 0 Å². The van der Waals surface area contributed by atoms with Gasteiger partial charge < -0.3 is 5.32 Å². The summed E-state index contributed by atoms with van der Waals surface area (Å²) < 4.78 is 4.66. The second kappa shape index (κ2) is 4.93. The van der Waals surface area contributed by atoms with Crippen LogP contribution in [0.4, 0.5) is 0 Å². The molecular weight excluding hydrogens is 236 g/mol. The molecule has 1 N–H and O–H groups in total. The highest BCUT2D eigenvalue weighted by Crippen LogP contribution is 2.24. The van der Waals surface area contributed by atoms with Gasteiger partial charge in [-0.05, 0) is 27.7 Å². The van der Waals surface area contributed by atoms with Gasteiger partial charge in [0.2, 0.25) is 0 Å². The number of nitrogens with zero attached hydrogens (tertiary/aromatic N) is 3. The minimum Gasteiger partial charge on any atom is -0.304 e. The van der Waals surface area contributed by atoms with Crippen LogP contribution in [0.5, 0.6) is 0 Å². The van der Waals surface area contributed by atoms with Gasteiger partial charge in [-0.15, -0.1) is 11.3 Å². The highest BCUT2D eigenvalue weighted by Gasteiger charge is 2.13. The first-order chi connectivity index (χ1) is 8.08. The molecule has 0 saturated heterocycles. The SMILES string of the molecule is Cc1nc(C)c(C(C)NCc2nonc2C)s1. The molecule has 1 unspecified atom stereocenters. The van der Waals surface area contributed by atoms with E-state index in [1.807, 2.05) is 20.8 Å². The summed E-state index contributed by atoms with van der Waals surface area (Å²) in [7, 11) is 0. The summed E-state index contributed by atoms with van der Waals surface area (Å²) in [6, 6.07) is 0.261. The number of rotatable bonds is 4. The minimum absolute atomic E-state index is 0.261. The van der Waals surface area contributed by atoms with Gasteiger partial charge in [0.1, 0.15) is 11.4 Å². The van der Waals surface area contributed by atoms with Crippen molar-refractivity contribution < 1.29 is 4.63 Å². The van der Waals surface area contributed by atoms with Crippen molar-refractivity contribution in [3.63, 3.8) is 0 Å². The van der Waals surface area contributed by atoms with Crippen molar-refractivity contribution in [2.45, 2.75) is 40.3 Å². The molecule has 0 aliphatic rings. The van der Waals surface area contributed by atoms with E-state index in [-0.39, 0.29) is 6.04 Å². The normalized spacial score (nSPS) is 12.9. The average Bonchev–Trinajstić information content (AvgIpc) is 2.81. The molecule has 0 aliphatic heterocycles. The molecule has 2 aromatic heterocycles.